The molecule has 1 heterocycles. The van der Waals surface area contributed by atoms with E-state index in [0.717, 1.165) is 12.1 Å². The Morgan fingerprint density at radius 2 is 1.70 bits per heavy atom. The summed E-state index contributed by atoms with van der Waals surface area (Å²) in [7, 11) is 1.57. The first-order valence-electron chi connectivity index (χ1n) is 10.4. The van der Waals surface area contributed by atoms with Crippen molar-refractivity contribution in [3.05, 3.63) is 65.2 Å². The maximum atomic E-state index is 14.1. The maximum Gasteiger partial charge on any atom is 0.252 e. The zero-order chi connectivity index (χ0) is 24.3. The monoisotopic (exact) mass is 460 g/mol. The number of hydrogen-bond donors (Lipinski definition) is 4. The van der Waals surface area contributed by atoms with Gasteiger partial charge < -0.3 is 26.0 Å². The molecule has 8 nitrogen and oxygen atoms in total. The Bertz CT molecular complexity index is 1040. The lowest BCUT2D eigenvalue weighted by atomic mass is 10.0. The van der Waals surface area contributed by atoms with E-state index in [4.69, 9.17) is 0 Å². The normalized spacial score (nSPS) is 17.6. The number of benzene rings is 2. The molecular weight excluding hydrogens is 434 g/mol. The number of likely N-dealkylation sites (N-methyl/N-ethyl adjacent to an activating group) is 1. The molecule has 0 aliphatic carbocycles. The van der Waals surface area contributed by atoms with Crippen LogP contribution in [0.15, 0.2) is 42.5 Å². The number of halogens is 2. The molecule has 0 aromatic heterocycles. The molecule has 1 aliphatic rings. The average Bonchev–Trinajstić information content (AvgIpc) is 3.18. The Kier molecular flexibility index (Phi) is 7.39. The van der Waals surface area contributed by atoms with Crippen LogP contribution in [0.5, 0.6) is 0 Å². The van der Waals surface area contributed by atoms with E-state index >= 15 is 0 Å². The van der Waals surface area contributed by atoms with Crippen LogP contribution in [-0.4, -0.2) is 53.0 Å². The Hall–Kier alpha value is -3.37. The van der Waals surface area contributed by atoms with Gasteiger partial charge in [-0.15, -0.1) is 0 Å². The van der Waals surface area contributed by atoms with Gasteiger partial charge in [-0.25, -0.2) is 8.78 Å². The van der Waals surface area contributed by atoms with E-state index in [1.165, 1.54) is 17.9 Å². The molecule has 0 saturated carbocycles. The summed E-state index contributed by atoms with van der Waals surface area (Å²) >= 11 is 0. The predicted molar refractivity (Wildman–Crippen MR) is 117 cm³/mol. The van der Waals surface area contributed by atoms with Gasteiger partial charge in [0.25, 0.3) is 5.91 Å². The Labute approximate surface area is 190 Å². The molecule has 1 aliphatic heterocycles. The molecule has 4 N–H and O–H groups in total. The molecule has 0 saturated heterocycles. The lowest BCUT2D eigenvalue weighted by Crippen LogP contribution is -2.56. The van der Waals surface area contributed by atoms with Crippen molar-refractivity contribution in [2.75, 3.05) is 12.4 Å². The summed E-state index contributed by atoms with van der Waals surface area (Å²) in [5.74, 6) is -3.95. The molecule has 0 bridgehead atoms. The van der Waals surface area contributed by atoms with Crippen LogP contribution in [-0.2, 0) is 20.9 Å². The fourth-order valence-electron chi connectivity index (χ4n) is 3.66. The van der Waals surface area contributed by atoms with Crippen LogP contribution in [0.25, 0.3) is 0 Å². The fraction of sp³-hybridized carbons (Fsp3) is 0.348. The number of carbonyl (C=O) groups excluding carboxylic acids is 3. The molecule has 10 heteroatoms. The van der Waals surface area contributed by atoms with Crippen molar-refractivity contribution in [3.8, 4) is 0 Å². The highest BCUT2D eigenvalue weighted by molar-refractivity contribution is 6.00. The zero-order valence-electron chi connectivity index (χ0n) is 18.4. The van der Waals surface area contributed by atoms with Crippen LogP contribution in [0.1, 0.15) is 31.0 Å². The molecule has 176 valence electrons. The second-order valence-corrected chi connectivity index (χ2v) is 7.89. The number of hydrogen-bond acceptors (Lipinski definition) is 5. The van der Waals surface area contributed by atoms with Crippen molar-refractivity contribution >= 4 is 23.4 Å². The van der Waals surface area contributed by atoms with Gasteiger partial charge >= 0.3 is 0 Å². The molecule has 3 amide bonds. The van der Waals surface area contributed by atoms with Crippen LogP contribution < -0.4 is 16.0 Å². The first kappa shape index (κ1) is 24.3. The zero-order valence-corrected chi connectivity index (χ0v) is 18.4. The van der Waals surface area contributed by atoms with E-state index in [2.05, 4.69) is 16.0 Å². The van der Waals surface area contributed by atoms with E-state index < -0.39 is 59.3 Å². The molecule has 2 aromatic carbocycles. The molecule has 0 spiro atoms. The summed E-state index contributed by atoms with van der Waals surface area (Å²) < 4.78 is 28.2. The third kappa shape index (κ3) is 5.01. The number of aliphatic hydroxyl groups excluding tert-OH is 1. The molecule has 4 atom stereocenters. The molecule has 2 aromatic rings. The molecule has 3 rings (SSSR count). The Morgan fingerprint density at radius 3 is 2.30 bits per heavy atom. The van der Waals surface area contributed by atoms with Gasteiger partial charge in [-0.2, -0.15) is 0 Å². The summed E-state index contributed by atoms with van der Waals surface area (Å²) in [6.07, 6.45) is -1.26. The van der Waals surface area contributed by atoms with Gasteiger partial charge in [-0.05, 0) is 44.2 Å². The largest absolute Gasteiger partial charge is 0.391 e. The number of carbonyl (C=O) groups is 3. The lowest BCUT2D eigenvalue weighted by molar-refractivity contribution is -0.144. The van der Waals surface area contributed by atoms with Crippen LogP contribution in [0.2, 0.25) is 0 Å². The SMILES string of the molecule is CN[C@@H](C)C(=O)N[C@H](C(=O)N1Cc2ccccc2[C@H]1C(=O)Nc1c(F)cccc1F)[C@@H](C)O. The van der Waals surface area contributed by atoms with Gasteiger partial charge in [-0.3, -0.25) is 14.4 Å². The first-order chi connectivity index (χ1) is 15.6. The van der Waals surface area contributed by atoms with Crippen molar-refractivity contribution in [2.45, 2.75) is 44.6 Å². The van der Waals surface area contributed by atoms with Crippen LogP contribution in [0.4, 0.5) is 14.5 Å². The third-order valence-electron chi connectivity index (χ3n) is 5.62. The number of nitrogens with zero attached hydrogens (tertiary/aromatic N) is 1. The van der Waals surface area contributed by atoms with E-state index in [-0.39, 0.29) is 6.54 Å². The van der Waals surface area contributed by atoms with E-state index in [1.54, 1.807) is 38.2 Å². The van der Waals surface area contributed by atoms with Gasteiger partial charge in [0.1, 0.15) is 29.4 Å². The van der Waals surface area contributed by atoms with Gasteiger partial charge in [0.05, 0.1) is 12.1 Å². The summed E-state index contributed by atoms with van der Waals surface area (Å²) in [6.45, 7) is 2.96. The highest BCUT2D eigenvalue weighted by Crippen LogP contribution is 2.35. The number of fused-ring (bicyclic) bond motifs is 1. The summed E-state index contributed by atoms with van der Waals surface area (Å²) in [5.41, 5.74) is 0.529. The van der Waals surface area contributed by atoms with Gasteiger partial charge in [-0.1, -0.05) is 30.3 Å². The van der Waals surface area contributed by atoms with Gasteiger partial charge in [0.15, 0.2) is 0 Å². The highest BCUT2D eigenvalue weighted by atomic mass is 19.1. The second kappa shape index (κ2) is 10.1. The first-order valence-corrected chi connectivity index (χ1v) is 10.4. The van der Waals surface area contributed by atoms with Crippen molar-refractivity contribution < 1.29 is 28.3 Å². The fourth-order valence-corrected chi connectivity index (χ4v) is 3.66. The van der Waals surface area contributed by atoms with Crippen LogP contribution in [0.3, 0.4) is 0 Å². The number of rotatable bonds is 7. The average molecular weight is 460 g/mol. The maximum absolute atomic E-state index is 14.1. The van der Waals surface area contributed by atoms with E-state index in [1.807, 2.05) is 0 Å². The van der Waals surface area contributed by atoms with E-state index in [0.29, 0.717) is 11.1 Å². The number of amides is 3. The number of aliphatic hydroxyl groups is 1. The number of para-hydroxylation sites is 1. The van der Waals surface area contributed by atoms with Crippen LogP contribution >= 0.6 is 0 Å². The van der Waals surface area contributed by atoms with Gasteiger partial charge in [0.2, 0.25) is 11.8 Å². The lowest BCUT2D eigenvalue weighted by Gasteiger charge is -2.30. The standard InChI is InChI=1S/C23H26F2N4O4/c1-12(26-3)21(31)27-18(13(2)30)23(33)29-11-14-7-4-5-8-15(14)20(29)22(32)28-19-16(24)9-6-10-17(19)25/h4-10,12-13,18,20,26,30H,11H2,1-3H3,(H,27,31)(H,28,32)/t12-,13+,18-,20-/m0/s1. The minimum atomic E-state index is -1.33. The summed E-state index contributed by atoms with van der Waals surface area (Å²) in [4.78, 5) is 40.1. The summed E-state index contributed by atoms with van der Waals surface area (Å²) in [5, 5.41) is 17.7. The summed E-state index contributed by atoms with van der Waals surface area (Å²) in [6, 6.07) is 6.80. The smallest absolute Gasteiger partial charge is 0.252 e. The molecule has 33 heavy (non-hydrogen) atoms. The minimum absolute atomic E-state index is 0.0213. The van der Waals surface area contributed by atoms with Crippen molar-refractivity contribution in [1.29, 1.82) is 0 Å². The Balaban J connectivity index is 1.93. The van der Waals surface area contributed by atoms with Crippen molar-refractivity contribution in [1.82, 2.24) is 15.5 Å². The van der Waals surface area contributed by atoms with Crippen LogP contribution in [0, 0.1) is 11.6 Å². The van der Waals surface area contributed by atoms with Gasteiger partial charge in [0, 0.05) is 6.54 Å². The van der Waals surface area contributed by atoms with Crippen molar-refractivity contribution in [2.24, 2.45) is 0 Å². The second-order valence-electron chi connectivity index (χ2n) is 7.89. The van der Waals surface area contributed by atoms with Crippen molar-refractivity contribution in [3.63, 3.8) is 0 Å². The topological polar surface area (TPSA) is 111 Å². The third-order valence-corrected chi connectivity index (χ3v) is 5.62. The predicted octanol–water partition coefficient (Wildman–Crippen LogP) is 1.46. The molecule has 0 fully saturated rings. The molecular formula is C23H26F2N4O4. The number of nitrogens with one attached hydrogen (secondary N) is 3. The Morgan fingerprint density at radius 1 is 1.06 bits per heavy atom. The number of anilines is 1. The molecule has 0 unspecified atom stereocenters. The highest BCUT2D eigenvalue weighted by Gasteiger charge is 2.42. The quantitative estimate of drug-likeness (QED) is 0.500. The molecule has 0 radical (unpaired) electrons. The van der Waals surface area contributed by atoms with E-state index in [9.17, 15) is 28.3 Å². The minimum Gasteiger partial charge on any atom is -0.391 e.